The summed E-state index contributed by atoms with van der Waals surface area (Å²) in [6, 6.07) is 8.33. The van der Waals surface area contributed by atoms with Gasteiger partial charge in [0.15, 0.2) is 0 Å². The molecule has 2 N–H and O–H groups in total. The first kappa shape index (κ1) is 15.2. The smallest absolute Gasteiger partial charge is 0.0541 e. The van der Waals surface area contributed by atoms with Gasteiger partial charge in [0.1, 0.15) is 0 Å². The molecule has 2 rings (SSSR count). The number of rotatable bonds is 5. The number of nitrogens with two attached hydrogens (primary N) is 1. The summed E-state index contributed by atoms with van der Waals surface area (Å²) >= 11 is 7.97. The van der Waals surface area contributed by atoms with Crippen molar-refractivity contribution in [2.45, 2.75) is 50.0 Å². The van der Waals surface area contributed by atoms with Gasteiger partial charge >= 0.3 is 0 Å². The van der Waals surface area contributed by atoms with E-state index in [9.17, 15) is 0 Å². The molecular weight excluding hydrogens is 274 g/mol. The highest BCUT2D eigenvalue weighted by atomic mass is 35.5. The summed E-state index contributed by atoms with van der Waals surface area (Å²) in [5, 5.41) is 0.842. The summed E-state index contributed by atoms with van der Waals surface area (Å²) < 4.78 is 0. The van der Waals surface area contributed by atoms with Crippen LogP contribution in [0.5, 0.6) is 0 Å². The molecule has 0 spiro atoms. The predicted molar refractivity (Wildman–Crippen MR) is 85.9 cm³/mol. The van der Waals surface area contributed by atoms with Gasteiger partial charge in [-0.2, -0.15) is 0 Å². The largest absolute Gasteiger partial charge is 0.327 e. The SMILES string of the molecule is CCC1CCC(C(N)CSc2ccccc2Cl)CC1. The molecule has 0 saturated heterocycles. The first-order valence-electron chi connectivity index (χ1n) is 7.33. The van der Waals surface area contributed by atoms with E-state index in [4.69, 9.17) is 17.3 Å². The molecule has 1 saturated carbocycles. The van der Waals surface area contributed by atoms with Crippen LogP contribution in [0, 0.1) is 11.8 Å². The van der Waals surface area contributed by atoms with Gasteiger partial charge in [0.25, 0.3) is 0 Å². The zero-order valence-electron chi connectivity index (χ0n) is 11.6. The lowest BCUT2D eigenvalue weighted by Crippen LogP contribution is -2.35. The lowest BCUT2D eigenvalue weighted by Gasteiger charge is -2.31. The van der Waals surface area contributed by atoms with Crippen LogP contribution < -0.4 is 5.73 Å². The van der Waals surface area contributed by atoms with E-state index in [0.29, 0.717) is 12.0 Å². The summed E-state index contributed by atoms with van der Waals surface area (Å²) in [7, 11) is 0. The summed E-state index contributed by atoms with van der Waals surface area (Å²) in [6.07, 6.45) is 6.68. The summed E-state index contributed by atoms with van der Waals surface area (Å²) in [6.45, 7) is 2.30. The minimum atomic E-state index is 0.305. The van der Waals surface area contributed by atoms with Gasteiger partial charge in [-0.1, -0.05) is 49.9 Å². The predicted octanol–water partition coefficient (Wildman–Crippen LogP) is 4.98. The van der Waals surface area contributed by atoms with Crippen LogP contribution >= 0.6 is 23.4 Å². The van der Waals surface area contributed by atoms with Crippen LogP contribution in [0.1, 0.15) is 39.0 Å². The molecule has 0 bridgehead atoms. The maximum atomic E-state index is 6.37. The molecule has 1 aliphatic carbocycles. The molecular formula is C16H24ClNS. The fourth-order valence-electron chi connectivity index (χ4n) is 2.91. The Morgan fingerprint density at radius 2 is 1.95 bits per heavy atom. The van der Waals surface area contributed by atoms with Crippen LogP contribution in [0.4, 0.5) is 0 Å². The van der Waals surface area contributed by atoms with Crippen LogP contribution in [0.25, 0.3) is 0 Å². The Kier molecular flexibility index (Phi) is 6.06. The van der Waals surface area contributed by atoms with Crippen molar-refractivity contribution in [2.75, 3.05) is 5.75 Å². The van der Waals surface area contributed by atoms with E-state index < -0.39 is 0 Å². The van der Waals surface area contributed by atoms with Crippen LogP contribution in [-0.4, -0.2) is 11.8 Å². The van der Waals surface area contributed by atoms with Crippen molar-refractivity contribution in [2.24, 2.45) is 17.6 Å². The third-order valence-electron chi connectivity index (χ3n) is 4.34. The molecule has 0 amide bonds. The van der Waals surface area contributed by atoms with Crippen LogP contribution in [0.15, 0.2) is 29.2 Å². The van der Waals surface area contributed by atoms with E-state index >= 15 is 0 Å². The third kappa shape index (κ3) is 4.40. The Balaban J connectivity index is 1.79. The minimum Gasteiger partial charge on any atom is -0.327 e. The van der Waals surface area contributed by atoms with Crippen molar-refractivity contribution >= 4 is 23.4 Å². The number of hydrogen-bond acceptors (Lipinski definition) is 2. The lowest BCUT2D eigenvalue weighted by atomic mass is 9.78. The zero-order valence-corrected chi connectivity index (χ0v) is 13.2. The van der Waals surface area contributed by atoms with Gasteiger partial charge in [-0.3, -0.25) is 0 Å². The zero-order chi connectivity index (χ0) is 13.7. The maximum absolute atomic E-state index is 6.37. The Morgan fingerprint density at radius 3 is 2.58 bits per heavy atom. The van der Waals surface area contributed by atoms with Crippen molar-refractivity contribution in [1.29, 1.82) is 0 Å². The first-order chi connectivity index (χ1) is 9.20. The van der Waals surface area contributed by atoms with Crippen molar-refractivity contribution in [3.8, 4) is 0 Å². The Hall–Kier alpha value is -0.180. The van der Waals surface area contributed by atoms with Crippen molar-refractivity contribution in [3.63, 3.8) is 0 Å². The molecule has 1 unspecified atom stereocenters. The summed E-state index contributed by atoms with van der Waals surface area (Å²) in [4.78, 5) is 1.15. The van der Waals surface area contributed by atoms with Crippen molar-refractivity contribution in [3.05, 3.63) is 29.3 Å². The highest BCUT2D eigenvalue weighted by molar-refractivity contribution is 7.99. The van der Waals surface area contributed by atoms with Gasteiger partial charge in [-0.15, -0.1) is 11.8 Å². The van der Waals surface area contributed by atoms with Gasteiger partial charge in [0.2, 0.25) is 0 Å². The monoisotopic (exact) mass is 297 g/mol. The average Bonchev–Trinajstić information content (AvgIpc) is 2.46. The minimum absolute atomic E-state index is 0.305. The van der Waals surface area contributed by atoms with Crippen molar-refractivity contribution < 1.29 is 0 Å². The number of halogens is 1. The number of hydrogen-bond donors (Lipinski definition) is 1. The maximum Gasteiger partial charge on any atom is 0.0541 e. The third-order valence-corrected chi connectivity index (χ3v) is 6.00. The molecule has 0 radical (unpaired) electrons. The van der Waals surface area contributed by atoms with Crippen LogP contribution in [0.3, 0.4) is 0 Å². The Morgan fingerprint density at radius 1 is 1.26 bits per heavy atom. The van der Waals surface area contributed by atoms with Crippen molar-refractivity contribution in [1.82, 2.24) is 0 Å². The molecule has 1 aromatic rings. The molecule has 19 heavy (non-hydrogen) atoms. The van der Waals surface area contributed by atoms with E-state index in [1.54, 1.807) is 11.8 Å². The van der Waals surface area contributed by atoms with E-state index in [1.807, 2.05) is 18.2 Å². The highest BCUT2D eigenvalue weighted by Crippen LogP contribution is 2.34. The second-order valence-corrected chi connectivity index (χ2v) is 7.06. The van der Waals surface area contributed by atoms with E-state index in [2.05, 4.69) is 13.0 Å². The molecule has 0 aromatic heterocycles. The molecule has 1 nitrogen and oxygen atoms in total. The molecule has 106 valence electrons. The number of benzene rings is 1. The average molecular weight is 298 g/mol. The molecule has 1 aromatic carbocycles. The standard InChI is InChI=1S/C16H24ClNS/c1-2-12-7-9-13(10-8-12)15(18)11-19-16-6-4-3-5-14(16)17/h3-6,12-13,15H,2,7-11,18H2,1H3. The van der Waals surface area contributed by atoms with Gasteiger partial charge < -0.3 is 5.73 Å². The van der Waals surface area contributed by atoms with Gasteiger partial charge in [0, 0.05) is 16.7 Å². The van der Waals surface area contributed by atoms with E-state index in [-0.39, 0.29) is 0 Å². The molecule has 1 atom stereocenters. The molecule has 1 aliphatic rings. The summed E-state index contributed by atoms with van der Waals surface area (Å²) in [5.74, 6) is 2.63. The Labute approximate surface area is 126 Å². The number of thioether (sulfide) groups is 1. The second-order valence-electron chi connectivity index (χ2n) is 5.59. The molecule has 3 heteroatoms. The highest BCUT2D eigenvalue weighted by Gasteiger charge is 2.24. The Bertz CT molecular complexity index is 388. The normalized spacial score (nSPS) is 25.2. The molecule has 1 fully saturated rings. The first-order valence-corrected chi connectivity index (χ1v) is 8.70. The van der Waals surface area contributed by atoms with E-state index in [0.717, 1.165) is 21.6 Å². The fourth-order valence-corrected chi connectivity index (χ4v) is 4.23. The molecule has 0 aliphatic heterocycles. The molecule has 0 heterocycles. The van der Waals surface area contributed by atoms with E-state index in [1.165, 1.54) is 32.1 Å². The van der Waals surface area contributed by atoms with Crippen LogP contribution in [-0.2, 0) is 0 Å². The van der Waals surface area contributed by atoms with Gasteiger partial charge in [-0.05, 0) is 36.8 Å². The van der Waals surface area contributed by atoms with Crippen LogP contribution in [0.2, 0.25) is 5.02 Å². The second kappa shape index (κ2) is 7.56. The van der Waals surface area contributed by atoms with Gasteiger partial charge in [-0.25, -0.2) is 0 Å². The quantitative estimate of drug-likeness (QED) is 0.776. The fraction of sp³-hybridized carbons (Fsp3) is 0.625. The van der Waals surface area contributed by atoms with Gasteiger partial charge in [0.05, 0.1) is 5.02 Å². The lowest BCUT2D eigenvalue weighted by molar-refractivity contribution is 0.247. The summed E-state index contributed by atoms with van der Waals surface area (Å²) in [5.41, 5.74) is 6.37. The topological polar surface area (TPSA) is 26.0 Å².